The Labute approximate surface area is 134 Å². The van der Waals surface area contributed by atoms with Crippen molar-refractivity contribution in [2.24, 2.45) is 5.73 Å². The first kappa shape index (κ1) is 16.5. The smallest absolute Gasteiger partial charge is 0.133 e. The molecule has 1 fully saturated rings. The Hall–Kier alpha value is -0.860. The number of benzene rings is 1. The van der Waals surface area contributed by atoms with Crippen molar-refractivity contribution in [3.63, 3.8) is 0 Å². The predicted molar refractivity (Wildman–Crippen MR) is 91.7 cm³/mol. The van der Waals surface area contributed by atoms with Crippen LogP contribution in [0.2, 0.25) is 0 Å². The van der Waals surface area contributed by atoms with Crippen molar-refractivity contribution in [1.82, 2.24) is 15.2 Å². The van der Waals surface area contributed by atoms with Crippen LogP contribution in [-0.2, 0) is 6.54 Å². The van der Waals surface area contributed by atoms with E-state index in [1.54, 1.807) is 18.4 Å². The van der Waals surface area contributed by atoms with Crippen molar-refractivity contribution in [3.05, 3.63) is 17.1 Å². The summed E-state index contributed by atoms with van der Waals surface area (Å²) in [6, 6.07) is 3.83. The summed E-state index contributed by atoms with van der Waals surface area (Å²) < 4.78 is 6.25. The number of hydrogen-bond acceptors (Lipinski definition) is 7. The molecule has 1 aromatic carbocycles. The number of thiol groups is 1. The highest BCUT2D eigenvalue weighted by molar-refractivity contribution is 7.80. The highest BCUT2D eigenvalue weighted by atomic mass is 32.1. The molecule has 0 aliphatic carbocycles. The molecule has 1 aliphatic heterocycles. The van der Waals surface area contributed by atoms with E-state index in [1.807, 2.05) is 12.1 Å². The number of rotatable bonds is 2. The van der Waals surface area contributed by atoms with E-state index in [0.29, 0.717) is 6.54 Å². The molecule has 0 unspecified atom stereocenters. The first-order chi connectivity index (χ1) is 10.1. The van der Waals surface area contributed by atoms with E-state index in [1.165, 1.54) is 13.1 Å². The van der Waals surface area contributed by atoms with Crippen LogP contribution in [0.15, 0.2) is 17.0 Å². The van der Waals surface area contributed by atoms with Gasteiger partial charge in [-0.1, -0.05) is 0 Å². The lowest BCUT2D eigenvalue weighted by Gasteiger charge is -2.21. The Morgan fingerprint density at radius 3 is 2.67 bits per heavy atom. The van der Waals surface area contributed by atoms with Crippen LogP contribution in [0, 0.1) is 0 Å². The van der Waals surface area contributed by atoms with Crippen molar-refractivity contribution in [3.8, 4) is 5.75 Å². The molecule has 0 amide bonds. The fourth-order valence-corrected chi connectivity index (χ4v) is 3.15. The number of likely N-dealkylation sites (N-methyl/N-ethyl adjacent to an activating group) is 1. The summed E-state index contributed by atoms with van der Waals surface area (Å²) in [7, 11) is 3.78. The van der Waals surface area contributed by atoms with Gasteiger partial charge >= 0.3 is 0 Å². The molecular weight excluding hydrogens is 304 g/mol. The number of nitrogens with zero attached hydrogens (tertiary/aromatic N) is 2. The Morgan fingerprint density at radius 1 is 1.43 bits per heavy atom. The number of ether oxygens (including phenoxy) is 1. The molecule has 2 aromatic rings. The molecule has 0 radical (unpaired) electrons. The summed E-state index contributed by atoms with van der Waals surface area (Å²) >= 11 is 5.89. The van der Waals surface area contributed by atoms with Gasteiger partial charge in [0.2, 0.25) is 0 Å². The Kier molecular flexibility index (Phi) is 6.25. The second-order valence-electron chi connectivity index (χ2n) is 4.86. The first-order valence-corrected chi connectivity index (χ1v) is 8.16. The zero-order valence-electron chi connectivity index (χ0n) is 12.4. The number of hydrogen-bond donors (Lipinski definition) is 3. The summed E-state index contributed by atoms with van der Waals surface area (Å²) in [6.45, 7) is 5.22. The highest BCUT2D eigenvalue weighted by Gasteiger charge is 2.07. The lowest BCUT2D eigenvalue weighted by molar-refractivity contribution is 0.291. The van der Waals surface area contributed by atoms with E-state index in [0.717, 1.165) is 39.0 Å². The number of methoxy groups -OCH3 is 1. The van der Waals surface area contributed by atoms with Crippen LogP contribution in [0.25, 0.3) is 10.2 Å². The summed E-state index contributed by atoms with van der Waals surface area (Å²) in [6.07, 6.45) is 0. The molecule has 21 heavy (non-hydrogen) atoms. The van der Waals surface area contributed by atoms with Crippen molar-refractivity contribution < 1.29 is 4.74 Å². The molecule has 2 heterocycles. The third kappa shape index (κ3) is 4.55. The van der Waals surface area contributed by atoms with E-state index in [4.69, 9.17) is 10.5 Å². The van der Waals surface area contributed by atoms with Crippen LogP contribution in [0.5, 0.6) is 5.75 Å². The van der Waals surface area contributed by atoms with Crippen molar-refractivity contribution in [2.45, 2.75) is 11.4 Å². The van der Waals surface area contributed by atoms with Gasteiger partial charge in [-0.3, -0.25) is 0 Å². The standard InChI is InChI=1S/C9H10N2OS2.C5H12N2/c1-12-6-3-8-5(2-7(6)13)11-9(4-10)14-8;1-7-4-2-6-3-5-7/h2-3,13H,4,10H2,1H3;6H,2-5H2,1H3. The van der Waals surface area contributed by atoms with Gasteiger partial charge in [0.05, 0.1) is 17.3 Å². The van der Waals surface area contributed by atoms with Gasteiger partial charge in [-0.15, -0.1) is 24.0 Å². The Morgan fingerprint density at radius 2 is 2.14 bits per heavy atom. The Balaban J connectivity index is 0.000000194. The lowest BCUT2D eigenvalue weighted by atomic mass is 10.3. The van der Waals surface area contributed by atoms with Crippen LogP contribution in [0.3, 0.4) is 0 Å². The van der Waals surface area contributed by atoms with E-state index < -0.39 is 0 Å². The minimum Gasteiger partial charge on any atom is -0.496 e. The monoisotopic (exact) mass is 326 g/mol. The van der Waals surface area contributed by atoms with Gasteiger partial charge in [-0.25, -0.2) is 4.98 Å². The predicted octanol–water partition coefficient (Wildman–Crippen LogP) is 1.57. The second kappa shape index (κ2) is 7.95. The first-order valence-electron chi connectivity index (χ1n) is 6.89. The lowest BCUT2D eigenvalue weighted by Crippen LogP contribution is -2.40. The SMILES string of the molecule is CN1CCNCC1.COc1cc2sc(CN)nc2cc1S. The molecule has 3 N–H and O–H groups in total. The number of nitrogens with two attached hydrogens (primary N) is 1. The number of nitrogens with one attached hydrogen (secondary N) is 1. The topological polar surface area (TPSA) is 63.4 Å². The largest absolute Gasteiger partial charge is 0.496 e. The van der Waals surface area contributed by atoms with Gasteiger partial charge in [-0.05, 0) is 13.1 Å². The van der Waals surface area contributed by atoms with Gasteiger partial charge in [0, 0.05) is 43.7 Å². The summed E-state index contributed by atoms with van der Waals surface area (Å²) in [5, 5.41) is 4.20. The van der Waals surface area contributed by atoms with Gasteiger partial charge in [0.15, 0.2) is 0 Å². The van der Waals surface area contributed by atoms with Crippen molar-refractivity contribution >= 4 is 34.2 Å². The molecular formula is C14H22N4OS2. The number of thiazole rings is 1. The molecule has 7 heteroatoms. The maximum atomic E-state index is 5.52. The van der Waals surface area contributed by atoms with Crippen LogP contribution in [-0.4, -0.2) is 50.2 Å². The molecule has 0 bridgehead atoms. The molecule has 1 aliphatic rings. The fourth-order valence-electron chi connectivity index (χ4n) is 2.02. The zero-order valence-corrected chi connectivity index (χ0v) is 14.1. The highest BCUT2D eigenvalue weighted by Crippen LogP contribution is 2.31. The van der Waals surface area contributed by atoms with Crippen LogP contribution < -0.4 is 15.8 Å². The minimum absolute atomic E-state index is 0.476. The third-order valence-corrected chi connectivity index (χ3v) is 4.64. The average molecular weight is 326 g/mol. The molecule has 3 rings (SSSR count). The average Bonchev–Trinajstić information content (AvgIpc) is 2.89. The normalized spacial score (nSPS) is 15.6. The third-order valence-electron chi connectivity index (χ3n) is 3.25. The molecule has 116 valence electrons. The van der Waals surface area contributed by atoms with Crippen LogP contribution in [0.1, 0.15) is 5.01 Å². The maximum Gasteiger partial charge on any atom is 0.133 e. The minimum atomic E-state index is 0.476. The number of aromatic nitrogens is 1. The molecule has 0 atom stereocenters. The summed E-state index contributed by atoms with van der Waals surface area (Å²) in [5.41, 5.74) is 6.45. The molecule has 1 aromatic heterocycles. The van der Waals surface area contributed by atoms with Crippen molar-refractivity contribution in [1.29, 1.82) is 0 Å². The molecule has 0 saturated carbocycles. The quantitative estimate of drug-likeness (QED) is 0.731. The van der Waals surface area contributed by atoms with Gasteiger partial charge in [-0.2, -0.15) is 0 Å². The van der Waals surface area contributed by atoms with Crippen LogP contribution >= 0.6 is 24.0 Å². The van der Waals surface area contributed by atoms with Crippen molar-refractivity contribution in [2.75, 3.05) is 40.3 Å². The van der Waals surface area contributed by atoms with E-state index >= 15 is 0 Å². The molecule has 5 nitrogen and oxygen atoms in total. The summed E-state index contributed by atoms with van der Waals surface area (Å²) in [5.74, 6) is 0.771. The fraction of sp³-hybridized carbons (Fsp3) is 0.500. The zero-order chi connectivity index (χ0) is 15.2. The second-order valence-corrected chi connectivity index (χ2v) is 6.45. The number of fused-ring (bicyclic) bond motifs is 1. The molecule has 1 saturated heterocycles. The maximum absolute atomic E-state index is 5.52. The van der Waals surface area contributed by atoms with Crippen LogP contribution in [0.4, 0.5) is 0 Å². The van der Waals surface area contributed by atoms with Gasteiger partial charge in [0.25, 0.3) is 0 Å². The van der Waals surface area contributed by atoms with E-state index in [-0.39, 0.29) is 0 Å². The summed E-state index contributed by atoms with van der Waals surface area (Å²) in [4.78, 5) is 7.49. The molecule has 0 spiro atoms. The Bertz CT molecular complexity index is 582. The number of piperazine rings is 1. The van der Waals surface area contributed by atoms with Gasteiger partial charge < -0.3 is 20.7 Å². The van der Waals surface area contributed by atoms with E-state index in [9.17, 15) is 0 Å². The van der Waals surface area contributed by atoms with E-state index in [2.05, 4.69) is 34.9 Å². The van der Waals surface area contributed by atoms with Gasteiger partial charge in [0.1, 0.15) is 10.8 Å².